The number of imidazole rings is 1. The van der Waals surface area contributed by atoms with Crippen LogP contribution in [0.1, 0.15) is 49.4 Å². The van der Waals surface area contributed by atoms with Gasteiger partial charge in [0.15, 0.2) is 5.96 Å². The fourth-order valence-corrected chi connectivity index (χ4v) is 6.75. The number of hydrogen-bond donors (Lipinski definition) is 9. The summed E-state index contributed by atoms with van der Waals surface area (Å²) in [4.78, 5) is 67.9. The van der Waals surface area contributed by atoms with E-state index in [1.165, 1.54) is 0 Å². The highest BCUT2D eigenvalue weighted by molar-refractivity contribution is 5.95. The van der Waals surface area contributed by atoms with Crippen LogP contribution in [0.4, 0.5) is 5.69 Å². The summed E-state index contributed by atoms with van der Waals surface area (Å²) in [7, 11) is 0. The topological polar surface area (TPSA) is 234 Å². The number of carbonyl (C=O) groups is 4. The number of carbonyl (C=O) groups excluding carboxylic acids is 3. The minimum atomic E-state index is -1.30. The molecule has 15 heteroatoms. The number of aromatic amines is 2. The fraction of sp³-hybridized carbons (Fsp3) is 0.333. The van der Waals surface area contributed by atoms with E-state index in [-0.39, 0.29) is 38.2 Å². The van der Waals surface area contributed by atoms with Gasteiger partial charge in [0.05, 0.1) is 12.0 Å². The zero-order chi connectivity index (χ0) is 40.6. The van der Waals surface area contributed by atoms with Crippen LogP contribution in [-0.4, -0.2) is 87.0 Å². The molecule has 0 unspecified atom stereocenters. The summed E-state index contributed by atoms with van der Waals surface area (Å²) in [6, 6.07) is 22.0. The summed E-state index contributed by atoms with van der Waals surface area (Å²) in [5, 5.41) is 29.7. The smallest absolute Gasteiger partial charge is 0.326 e. The van der Waals surface area contributed by atoms with Crippen molar-refractivity contribution in [2.24, 2.45) is 5.73 Å². The molecule has 0 fully saturated rings. The molecule has 10 N–H and O–H groups in total. The number of hydrogen-bond acceptors (Lipinski definition) is 7. The number of carboxylic acid groups (broad SMARTS) is 1. The largest absolute Gasteiger partial charge is 0.480 e. The molecule has 0 aliphatic carbocycles. The molecule has 300 valence electrons. The zero-order valence-electron chi connectivity index (χ0n) is 32.0. The van der Waals surface area contributed by atoms with Crippen LogP contribution in [0, 0.1) is 5.41 Å². The molecule has 0 radical (unpaired) electrons. The number of amides is 3. The van der Waals surface area contributed by atoms with Crippen molar-refractivity contribution in [1.82, 2.24) is 36.2 Å². The van der Waals surface area contributed by atoms with Gasteiger partial charge in [0.2, 0.25) is 17.7 Å². The molecule has 0 spiro atoms. The minimum Gasteiger partial charge on any atom is -0.480 e. The summed E-state index contributed by atoms with van der Waals surface area (Å²) in [6.07, 6.45) is 7.50. The van der Waals surface area contributed by atoms with Gasteiger partial charge in [0.25, 0.3) is 0 Å². The van der Waals surface area contributed by atoms with Crippen molar-refractivity contribution in [2.45, 2.75) is 76.0 Å². The predicted molar refractivity (Wildman–Crippen MR) is 220 cm³/mol. The third-order valence-corrected chi connectivity index (χ3v) is 9.72. The number of rotatable bonds is 22. The molecule has 0 aliphatic heterocycles. The van der Waals surface area contributed by atoms with Crippen molar-refractivity contribution in [2.75, 3.05) is 18.0 Å². The Labute approximate surface area is 331 Å². The van der Waals surface area contributed by atoms with Crippen LogP contribution in [-0.2, 0) is 38.4 Å². The van der Waals surface area contributed by atoms with E-state index in [4.69, 9.17) is 11.1 Å². The van der Waals surface area contributed by atoms with Gasteiger partial charge in [-0.2, -0.15) is 0 Å². The maximum absolute atomic E-state index is 14.6. The summed E-state index contributed by atoms with van der Waals surface area (Å²) >= 11 is 0. The number of para-hydroxylation sites is 2. The molecule has 2 heterocycles. The zero-order valence-corrected chi connectivity index (χ0v) is 32.0. The molecule has 3 aromatic carbocycles. The van der Waals surface area contributed by atoms with Crippen LogP contribution >= 0.6 is 0 Å². The Kier molecular flexibility index (Phi) is 15.2. The number of nitrogens with zero attached hydrogens (tertiary/aromatic N) is 2. The lowest BCUT2D eigenvalue weighted by molar-refractivity contribution is -0.142. The second-order valence-electron chi connectivity index (χ2n) is 13.9. The van der Waals surface area contributed by atoms with Gasteiger partial charge in [-0.25, -0.2) is 9.78 Å². The number of nitrogens with one attached hydrogen (secondary N) is 7. The van der Waals surface area contributed by atoms with E-state index in [2.05, 4.69) is 43.1 Å². The number of carboxylic acids is 1. The summed E-state index contributed by atoms with van der Waals surface area (Å²) in [6.45, 7) is 2.90. The van der Waals surface area contributed by atoms with E-state index in [0.717, 1.165) is 35.0 Å². The van der Waals surface area contributed by atoms with E-state index in [9.17, 15) is 24.3 Å². The first-order valence-electron chi connectivity index (χ1n) is 19.2. The lowest BCUT2D eigenvalue weighted by Gasteiger charge is -2.34. The van der Waals surface area contributed by atoms with Crippen LogP contribution in [0.25, 0.3) is 10.9 Å². The molecular formula is C42H52N10O5. The Balaban J connectivity index is 1.41. The first-order chi connectivity index (χ1) is 27.6. The first kappa shape index (κ1) is 41.5. The number of aromatic nitrogens is 3. The van der Waals surface area contributed by atoms with Crippen molar-refractivity contribution in [3.8, 4) is 0 Å². The van der Waals surface area contributed by atoms with Gasteiger partial charge in [-0.05, 0) is 48.6 Å². The molecule has 0 saturated carbocycles. The highest BCUT2D eigenvalue weighted by atomic mass is 16.4. The van der Waals surface area contributed by atoms with E-state index in [0.29, 0.717) is 24.2 Å². The van der Waals surface area contributed by atoms with Gasteiger partial charge in [-0.1, -0.05) is 80.1 Å². The Morgan fingerprint density at radius 1 is 0.807 bits per heavy atom. The first-order valence-corrected chi connectivity index (χ1v) is 19.2. The van der Waals surface area contributed by atoms with Gasteiger partial charge in [-0.15, -0.1) is 0 Å². The molecule has 4 atom stereocenters. The highest BCUT2D eigenvalue weighted by Crippen LogP contribution is 2.22. The minimum absolute atomic E-state index is 0.00231. The maximum Gasteiger partial charge on any atom is 0.326 e. The normalized spacial score (nSPS) is 13.1. The van der Waals surface area contributed by atoms with E-state index in [1.807, 2.05) is 89.8 Å². The van der Waals surface area contributed by atoms with Crippen LogP contribution in [0.3, 0.4) is 0 Å². The van der Waals surface area contributed by atoms with Crippen LogP contribution in [0.15, 0.2) is 104 Å². The lowest BCUT2D eigenvalue weighted by Crippen LogP contribution is -2.59. The predicted octanol–water partition coefficient (Wildman–Crippen LogP) is 3.40. The van der Waals surface area contributed by atoms with Gasteiger partial charge in [-0.3, -0.25) is 19.8 Å². The maximum atomic E-state index is 14.6. The average molecular weight is 777 g/mol. The molecule has 0 saturated heterocycles. The molecule has 57 heavy (non-hydrogen) atoms. The third kappa shape index (κ3) is 12.2. The second-order valence-corrected chi connectivity index (χ2v) is 13.9. The number of benzene rings is 3. The second kappa shape index (κ2) is 20.9. The van der Waals surface area contributed by atoms with E-state index in [1.54, 1.807) is 18.7 Å². The fourth-order valence-electron chi connectivity index (χ4n) is 6.75. The molecule has 5 rings (SSSR count). The molecule has 0 aliphatic rings. The molecule has 2 aromatic heterocycles. The number of aliphatic carboxylic acids is 1. The van der Waals surface area contributed by atoms with Crippen molar-refractivity contribution in [1.29, 1.82) is 5.41 Å². The third-order valence-electron chi connectivity index (χ3n) is 9.72. The lowest BCUT2D eigenvalue weighted by atomic mass is 10.0. The molecule has 15 nitrogen and oxygen atoms in total. The van der Waals surface area contributed by atoms with Crippen molar-refractivity contribution >= 4 is 46.2 Å². The average Bonchev–Trinajstić information content (AvgIpc) is 3.89. The van der Waals surface area contributed by atoms with Gasteiger partial charge in [0.1, 0.15) is 24.2 Å². The number of anilines is 1. The number of nitrogens with two attached hydrogens (primary N) is 1. The SMILES string of the molecule is CCCCN(c1ccccc1)[C@@H](Cc1c[nH]cn1)C(=O)N[C@H](Cc1ccccc1)C(=O)N[C@@H](CCCNC(=N)N)C(=O)N[C@@H](Cc1c[nH]c2ccccc12)C(=O)O. The summed E-state index contributed by atoms with van der Waals surface area (Å²) in [5.74, 6) is -3.20. The molecule has 3 amide bonds. The number of fused-ring (bicyclic) bond motifs is 1. The van der Waals surface area contributed by atoms with E-state index >= 15 is 0 Å². The number of guanidine groups is 1. The summed E-state index contributed by atoms with van der Waals surface area (Å²) in [5.41, 5.74) is 9.32. The Bertz CT molecular complexity index is 2060. The molecular weight excluding hydrogens is 725 g/mol. The number of unbranched alkanes of at least 4 members (excludes halogenated alkanes) is 1. The van der Waals surface area contributed by atoms with Crippen molar-refractivity contribution < 1.29 is 24.3 Å². The van der Waals surface area contributed by atoms with Crippen molar-refractivity contribution in [3.63, 3.8) is 0 Å². The monoisotopic (exact) mass is 776 g/mol. The highest BCUT2D eigenvalue weighted by Gasteiger charge is 2.33. The van der Waals surface area contributed by atoms with Crippen LogP contribution in [0.5, 0.6) is 0 Å². The van der Waals surface area contributed by atoms with Crippen LogP contribution < -0.4 is 31.9 Å². The number of H-pyrrole nitrogens is 2. The summed E-state index contributed by atoms with van der Waals surface area (Å²) < 4.78 is 0. The van der Waals surface area contributed by atoms with Crippen LogP contribution in [0.2, 0.25) is 0 Å². The Hall–Kier alpha value is -6.64. The molecule has 5 aromatic rings. The van der Waals surface area contributed by atoms with Gasteiger partial charge >= 0.3 is 5.97 Å². The Morgan fingerprint density at radius 3 is 2.16 bits per heavy atom. The van der Waals surface area contributed by atoms with Gasteiger partial charge < -0.3 is 47.0 Å². The van der Waals surface area contributed by atoms with E-state index < -0.39 is 47.9 Å². The van der Waals surface area contributed by atoms with Gasteiger partial charge in [0, 0.05) is 61.3 Å². The molecule has 0 bridgehead atoms. The Morgan fingerprint density at radius 2 is 1.47 bits per heavy atom. The van der Waals surface area contributed by atoms with Crippen molar-refractivity contribution in [3.05, 3.63) is 120 Å². The quantitative estimate of drug-likeness (QED) is 0.0284. The standard InChI is InChI=1S/C42H52N10O5/c1-2-3-21-52(31-15-8-5-9-16-31)37(24-30-26-45-27-48-30)40(55)50-35(22-28-13-6-4-7-14-28)39(54)49-34(19-12-20-46-42(43)44)38(53)51-36(41(56)57)23-29-25-47-33-18-11-10-17-32(29)33/h4-11,13-18,25-27,34-37,47H,2-3,12,19-24H2,1H3,(H,45,48)(H,49,54)(H,50,55)(H,51,53)(H,56,57)(H4,43,44,46)/t34-,35+,36-,37-/m0/s1.